The van der Waals surface area contributed by atoms with Crippen LogP contribution in [0.1, 0.15) is 31.2 Å². The summed E-state index contributed by atoms with van der Waals surface area (Å²) in [6.07, 6.45) is 3.43. The number of hydrogen-bond donors (Lipinski definition) is 2. The van der Waals surface area contributed by atoms with Crippen LogP contribution in [0.25, 0.3) is 0 Å². The van der Waals surface area contributed by atoms with Gasteiger partial charge in [-0.05, 0) is 20.3 Å². The Bertz CT molecular complexity index is 388. The van der Waals surface area contributed by atoms with Gasteiger partial charge in [-0.2, -0.15) is 0 Å². The first-order chi connectivity index (χ1) is 8.16. The van der Waals surface area contributed by atoms with Crippen LogP contribution in [0.4, 0.5) is 0 Å². The van der Waals surface area contributed by atoms with Gasteiger partial charge in [-0.1, -0.05) is 0 Å². The Balaban J connectivity index is 1.76. The van der Waals surface area contributed by atoms with E-state index in [0.717, 1.165) is 37.4 Å². The summed E-state index contributed by atoms with van der Waals surface area (Å²) in [4.78, 5) is 20.7. The molecule has 2 heterocycles. The summed E-state index contributed by atoms with van der Waals surface area (Å²) < 4.78 is 0. The predicted molar refractivity (Wildman–Crippen MR) is 65.4 cm³/mol. The lowest BCUT2D eigenvalue weighted by molar-refractivity contribution is -0.127. The molecule has 0 aliphatic carbocycles. The Morgan fingerprint density at radius 1 is 1.65 bits per heavy atom. The fraction of sp³-hybridized carbons (Fsp3) is 0.667. The zero-order valence-corrected chi connectivity index (χ0v) is 10.5. The van der Waals surface area contributed by atoms with E-state index in [0.29, 0.717) is 12.5 Å². The molecule has 1 unspecified atom stereocenters. The number of likely N-dealkylation sites (tertiary alicyclic amines) is 1. The lowest BCUT2D eigenvalue weighted by Crippen LogP contribution is -2.39. The molecule has 0 bridgehead atoms. The third-order valence-electron chi connectivity index (χ3n) is 3.22. The Kier molecular flexibility index (Phi) is 3.78. The second kappa shape index (κ2) is 5.31. The van der Waals surface area contributed by atoms with Crippen molar-refractivity contribution in [2.45, 2.75) is 39.3 Å². The molecule has 0 spiro atoms. The smallest absolute Gasteiger partial charge is 0.222 e. The zero-order valence-electron chi connectivity index (χ0n) is 10.5. The summed E-state index contributed by atoms with van der Waals surface area (Å²) in [5.41, 5.74) is 2.14. The van der Waals surface area contributed by atoms with Crippen molar-refractivity contribution in [3.8, 4) is 0 Å². The van der Waals surface area contributed by atoms with E-state index in [-0.39, 0.29) is 5.91 Å². The molecule has 1 atom stereocenters. The monoisotopic (exact) mass is 236 g/mol. The van der Waals surface area contributed by atoms with Gasteiger partial charge in [0.05, 0.1) is 12.0 Å². The minimum absolute atomic E-state index is 0.287. The molecule has 1 aromatic rings. The van der Waals surface area contributed by atoms with E-state index in [2.05, 4.69) is 22.2 Å². The first-order valence-electron chi connectivity index (χ1n) is 6.17. The minimum Gasteiger partial charge on any atom is -0.348 e. The molecule has 1 amide bonds. The van der Waals surface area contributed by atoms with E-state index in [9.17, 15) is 4.79 Å². The van der Waals surface area contributed by atoms with E-state index in [1.54, 1.807) is 6.33 Å². The van der Waals surface area contributed by atoms with Gasteiger partial charge < -0.3 is 15.2 Å². The minimum atomic E-state index is 0.287. The van der Waals surface area contributed by atoms with Gasteiger partial charge in [0.2, 0.25) is 5.91 Å². The van der Waals surface area contributed by atoms with Crippen LogP contribution in [-0.4, -0.2) is 39.9 Å². The van der Waals surface area contributed by atoms with E-state index in [1.165, 1.54) is 0 Å². The van der Waals surface area contributed by atoms with Gasteiger partial charge in [0.1, 0.15) is 0 Å². The summed E-state index contributed by atoms with van der Waals surface area (Å²) >= 11 is 0. The summed E-state index contributed by atoms with van der Waals surface area (Å²) in [5.74, 6) is 0.287. The molecule has 0 aromatic carbocycles. The molecule has 1 aliphatic heterocycles. The molecular weight excluding hydrogens is 216 g/mol. The second-order valence-corrected chi connectivity index (χ2v) is 4.70. The van der Waals surface area contributed by atoms with Gasteiger partial charge in [0, 0.05) is 37.8 Å². The molecular formula is C12H20N4O. The molecule has 17 heavy (non-hydrogen) atoms. The standard InChI is InChI=1S/C12H20N4O/c1-9(7-16-5-3-4-12(16)17)13-6-11-10(2)14-8-15-11/h8-9,13H,3-7H2,1-2H3,(H,14,15). The van der Waals surface area contributed by atoms with E-state index >= 15 is 0 Å². The summed E-state index contributed by atoms with van der Waals surface area (Å²) in [6.45, 7) is 6.57. The van der Waals surface area contributed by atoms with Crippen LogP contribution >= 0.6 is 0 Å². The summed E-state index contributed by atoms with van der Waals surface area (Å²) in [5, 5.41) is 3.40. The maximum absolute atomic E-state index is 11.5. The highest BCUT2D eigenvalue weighted by molar-refractivity contribution is 5.78. The molecule has 1 aromatic heterocycles. The Morgan fingerprint density at radius 2 is 2.47 bits per heavy atom. The van der Waals surface area contributed by atoms with Crippen LogP contribution in [0.5, 0.6) is 0 Å². The van der Waals surface area contributed by atoms with Gasteiger partial charge in [0.25, 0.3) is 0 Å². The molecule has 0 radical (unpaired) electrons. The molecule has 2 N–H and O–H groups in total. The predicted octanol–water partition coefficient (Wildman–Crippen LogP) is 0.819. The second-order valence-electron chi connectivity index (χ2n) is 4.70. The number of nitrogens with zero attached hydrogens (tertiary/aromatic N) is 2. The topological polar surface area (TPSA) is 61.0 Å². The maximum atomic E-state index is 11.5. The fourth-order valence-corrected chi connectivity index (χ4v) is 2.13. The fourth-order valence-electron chi connectivity index (χ4n) is 2.13. The van der Waals surface area contributed by atoms with Crippen molar-refractivity contribution in [3.63, 3.8) is 0 Å². The molecule has 1 saturated heterocycles. The average Bonchev–Trinajstić information content (AvgIpc) is 2.86. The largest absolute Gasteiger partial charge is 0.348 e. The number of hydrogen-bond acceptors (Lipinski definition) is 3. The van der Waals surface area contributed by atoms with Gasteiger partial charge in [-0.3, -0.25) is 4.79 Å². The van der Waals surface area contributed by atoms with Crippen LogP contribution in [0, 0.1) is 6.92 Å². The third kappa shape index (κ3) is 3.06. The first kappa shape index (κ1) is 12.1. The van der Waals surface area contributed by atoms with E-state index < -0.39 is 0 Å². The molecule has 5 heteroatoms. The SMILES string of the molecule is Cc1[nH]cnc1CNC(C)CN1CCCC1=O. The van der Waals surface area contributed by atoms with Gasteiger partial charge in [-0.25, -0.2) is 4.98 Å². The van der Waals surface area contributed by atoms with Crippen LogP contribution in [0.3, 0.4) is 0 Å². The van der Waals surface area contributed by atoms with Crippen molar-refractivity contribution < 1.29 is 4.79 Å². The van der Waals surface area contributed by atoms with Gasteiger partial charge in [-0.15, -0.1) is 0 Å². The van der Waals surface area contributed by atoms with Crippen molar-refractivity contribution in [2.24, 2.45) is 0 Å². The number of amides is 1. The lowest BCUT2D eigenvalue weighted by Gasteiger charge is -2.21. The van der Waals surface area contributed by atoms with E-state index in [4.69, 9.17) is 0 Å². The molecule has 1 fully saturated rings. The quantitative estimate of drug-likeness (QED) is 0.795. The normalized spacial score (nSPS) is 17.8. The van der Waals surface area contributed by atoms with Crippen molar-refractivity contribution >= 4 is 5.91 Å². The van der Waals surface area contributed by atoms with Gasteiger partial charge in [0.15, 0.2) is 0 Å². The number of rotatable bonds is 5. The van der Waals surface area contributed by atoms with Crippen molar-refractivity contribution in [3.05, 3.63) is 17.7 Å². The van der Waals surface area contributed by atoms with Crippen molar-refractivity contribution in [2.75, 3.05) is 13.1 Å². The molecule has 94 valence electrons. The van der Waals surface area contributed by atoms with Crippen LogP contribution < -0.4 is 5.32 Å². The van der Waals surface area contributed by atoms with Crippen LogP contribution in [0.15, 0.2) is 6.33 Å². The first-order valence-corrected chi connectivity index (χ1v) is 6.17. The Hall–Kier alpha value is -1.36. The molecule has 0 saturated carbocycles. The average molecular weight is 236 g/mol. The van der Waals surface area contributed by atoms with Crippen LogP contribution in [0.2, 0.25) is 0 Å². The number of carbonyl (C=O) groups is 1. The molecule has 5 nitrogen and oxygen atoms in total. The highest BCUT2D eigenvalue weighted by Crippen LogP contribution is 2.10. The molecule has 2 rings (SSSR count). The third-order valence-corrected chi connectivity index (χ3v) is 3.22. The highest BCUT2D eigenvalue weighted by atomic mass is 16.2. The van der Waals surface area contributed by atoms with Crippen molar-refractivity contribution in [1.82, 2.24) is 20.2 Å². The molecule has 1 aliphatic rings. The number of aromatic nitrogens is 2. The number of aromatic amines is 1. The Morgan fingerprint density at radius 3 is 3.06 bits per heavy atom. The number of aryl methyl sites for hydroxylation is 1. The Labute approximate surface area is 102 Å². The van der Waals surface area contributed by atoms with Gasteiger partial charge >= 0.3 is 0 Å². The lowest BCUT2D eigenvalue weighted by atomic mass is 10.3. The van der Waals surface area contributed by atoms with Crippen LogP contribution in [-0.2, 0) is 11.3 Å². The van der Waals surface area contributed by atoms with E-state index in [1.807, 2.05) is 11.8 Å². The maximum Gasteiger partial charge on any atom is 0.222 e. The number of carbonyl (C=O) groups excluding carboxylic acids is 1. The summed E-state index contributed by atoms with van der Waals surface area (Å²) in [6, 6.07) is 0.299. The van der Waals surface area contributed by atoms with Crippen molar-refractivity contribution in [1.29, 1.82) is 0 Å². The highest BCUT2D eigenvalue weighted by Gasteiger charge is 2.21. The summed E-state index contributed by atoms with van der Waals surface area (Å²) in [7, 11) is 0. The number of imidazole rings is 1. The zero-order chi connectivity index (χ0) is 12.3. The number of nitrogens with one attached hydrogen (secondary N) is 2. The number of H-pyrrole nitrogens is 1.